The molecule has 0 bridgehead atoms. The van der Waals surface area contributed by atoms with E-state index in [9.17, 15) is 19.5 Å². The highest BCUT2D eigenvalue weighted by atomic mass is 35.5. The molecule has 1 unspecified atom stereocenters. The minimum Gasteiger partial charge on any atom is -0.481 e. The van der Waals surface area contributed by atoms with E-state index in [0.29, 0.717) is 10.6 Å². The fourth-order valence-corrected chi connectivity index (χ4v) is 5.15. The zero-order chi connectivity index (χ0) is 28.1. The van der Waals surface area contributed by atoms with Crippen LogP contribution in [0.2, 0.25) is 5.02 Å². The molecule has 4 aromatic rings. The van der Waals surface area contributed by atoms with Crippen LogP contribution >= 0.6 is 11.6 Å². The maximum absolute atomic E-state index is 12.6. The molecule has 8 heteroatoms. The number of rotatable bonds is 9. The van der Waals surface area contributed by atoms with E-state index in [1.165, 1.54) is 0 Å². The summed E-state index contributed by atoms with van der Waals surface area (Å²) in [7, 11) is 0. The Kier molecular flexibility index (Phi) is 8.12. The molecule has 1 aliphatic carbocycles. The van der Waals surface area contributed by atoms with Gasteiger partial charge in [0.1, 0.15) is 13.2 Å². The fourth-order valence-electron chi connectivity index (χ4n) is 5.02. The summed E-state index contributed by atoms with van der Waals surface area (Å²) in [5.41, 5.74) is 6.95. The molecule has 0 spiro atoms. The van der Waals surface area contributed by atoms with Gasteiger partial charge in [0.05, 0.1) is 12.5 Å². The first kappa shape index (κ1) is 27.0. The summed E-state index contributed by atoms with van der Waals surface area (Å²) in [5, 5.41) is 15.2. The maximum atomic E-state index is 12.6. The molecule has 0 aliphatic heterocycles. The minimum atomic E-state index is -1.06. The molecule has 4 aromatic carbocycles. The fraction of sp³-hybridized carbons (Fsp3) is 0.156. The smallest absolute Gasteiger partial charge is 0.407 e. The number of ether oxygens (including phenoxy) is 1. The first-order valence-electron chi connectivity index (χ1n) is 12.8. The molecular formula is C32H27ClN2O5. The zero-order valence-electron chi connectivity index (χ0n) is 21.5. The lowest BCUT2D eigenvalue weighted by Gasteiger charge is -2.18. The lowest BCUT2D eigenvalue weighted by Crippen LogP contribution is -2.39. The minimum absolute atomic E-state index is 0.0947. The number of carboxylic acids is 1. The van der Waals surface area contributed by atoms with Crippen LogP contribution in [-0.2, 0) is 14.3 Å². The van der Waals surface area contributed by atoms with Crippen LogP contribution in [0.15, 0.2) is 97.1 Å². The van der Waals surface area contributed by atoms with Crippen LogP contribution in [0.5, 0.6) is 0 Å². The standard InChI is InChI=1S/C32H27ClN2O5/c33-23-15-13-21(14-16-23)20-9-11-22(12-10-20)29(17-31(37)38)35-30(36)18-34-32(39)40-19-28-26-7-3-1-5-24(26)25-6-2-4-8-27(25)28/h1-16,28-29H,17-19H2,(H,34,39)(H,35,36)(H,37,38). The molecule has 5 rings (SSSR count). The molecule has 0 fully saturated rings. The second-order valence-corrected chi connectivity index (χ2v) is 9.96. The highest BCUT2D eigenvalue weighted by molar-refractivity contribution is 6.30. The Bertz CT molecular complexity index is 1490. The van der Waals surface area contributed by atoms with Gasteiger partial charge in [-0.3, -0.25) is 9.59 Å². The average Bonchev–Trinajstić information content (AvgIpc) is 3.28. The van der Waals surface area contributed by atoms with Crippen molar-refractivity contribution in [3.63, 3.8) is 0 Å². The van der Waals surface area contributed by atoms with Crippen LogP contribution in [0.3, 0.4) is 0 Å². The van der Waals surface area contributed by atoms with Crippen molar-refractivity contribution in [1.29, 1.82) is 0 Å². The predicted octanol–water partition coefficient (Wildman–Crippen LogP) is 6.18. The molecule has 0 aromatic heterocycles. The summed E-state index contributed by atoms with van der Waals surface area (Å²) in [6, 6.07) is 29.9. The van der Waals surface area contributed by atoms with Crippen LogP contribution in [0.1, 0.15) is 35.1 Å². The number of alkyl carbamates (subject to hydrolysis) is 1. The predicted molar refractivity (Wildman–Crippen MR) is 153 cm³/mol. The SMILES string of the molecule is O=C(O)CC(NC(=O)CNC(=O)OCC1c2ccccc2-c2ccccc21)c1ccc(-c2ccc(Cl)cc2)cc1. The monoisotopic (exact) mass is 554 g/mol. The maximum Gasteiger partial charge on any atom is 0.407 e. The van der Waals surface area contributed by atoms with Crippen molar-refractivity contribution in [1.82, 2.24) is 10.6 Å². The number of fused-ring (bicyclic) bond motifs is 3. The third-order valence-corrected chi connectivity index (χ3v) is 7.19. The molecule has 202 valence electrons. The molecule has 0 radical (unpaired) electrons. The second kappa shape index (κ2) is 12.1. The van der Waals surface area contributed by atoms with Crippen molar-refractivity contribution in [3.05, 3.63) is 119 Å². The largest absolute Gasteiger partial charge is 0.481 e. The summed E-state index contributed by atoms with van der Waals surface area (Å²) in [6.45, 7) is -0.223. The number of carbonyl (C=O) groups is 3. The summed E-state index contributed by atoms with van der Waals surface area (Å²) >= 11 is 5.96. The van der Waals surface area contributed by atoms with Gasteiger partial charge in [0, 0.05) is 10.9 Å². The third kappa shape index (κ3) is 6.16. The van der Waals surface area contributed by atoms with Gasteiger partial charge in [0.15, 0.2) is 0 Å². The summed E-state index contributed by atoms with van der Waals surface area (Å²) in [5.74, 6) is -1.68. The van der Waals surface area contributed by atoms with E-state index in [2.05, 4.69) is 22.8 Å². The van der Waals surface area contributed by atoms with Crippen LogP contribution in [-0.4, -0.2) is 36.2 Å². The molecule has 7 nitrogen and oxygen atoms in total. The van der Waals surface area contributed by atoms with Crippen LogP contribution in [0.4, 0.5) is 4.79 Å². The van der Waals surface area contributed by atoms with Crippen molar-refractivity contribution in [2.24, 2.45) is 0 Å². The lowest BCUT2D eigenvalue weighted by molar-refractivity contribution is -0.137. The molecular weight excluding hydrogens is 528 g/mol. The number of nitrogens with one attached hydrogen (secondary N) is 2. The number of halogens is 1. The van der Waals surface area contributed by atoms with E-state index in [0.717, 1.165) is 33.4 Å². The van der Waals surface area contributed by atoms with Gasteiger partial charge in [0.25, 0.3) is 0 Å². The van der Waals surface area contributed by atoms with E-state index < -0.39 is 24.0 Å². The van der Waals surface area contributed by atoms with Gasteiger partial charge in [-0.2, -0.15) is 0 Å². The second-order valence-electron chi connectivity index (χ2n) is 9.53. The van der Waals surface area contributed by atoms with Crippen LogP contribution < -0.4 is 10.6 Å². The Hall–Kier alpha value is -4.62. The third-order valence-electron chi connectivity index (χ3n) is 6.94. The molecule has 0 saturated heterocycles. The number of hydrogen-bond acceptors (Lipinski definition) is 4. The summed E-state index contributed by atoms with van der Waals surface area (Å²) in [4.78, 5) is 36.6. The van der Waals surface area contributed by atoms with Crippen molar-refractivity contribution in [3.8, 4) is 22.3 Å². The van der Waals surface area contributed by atoms with Gasteiger partial charge in [-0.25, -0.2) is 4.79 Å². The molecule has 3 N–H and O–H groups in total. The zero-order valence-corrected chi connectivity index (χ0v) is 22.2. The number of carboxylic acid groups (broad SMARTS) is 1. The number of benzene rings is 4. The Morgan fingerprint density at radius 1 is 0.800 bits per heavy atom. The van der Waals surface area contributed by atoms with Crippen LogP contribution in [0, 0.1) is 0 Å². The van der Waals surface area contributed by atoms with Gasteiger partial charge >= 0.3 is 12.1 Å². The van der Waals surface area contributed by atoms with E-state index >= 15 is 0 Å². The first-order valence-corrected chi connectivity index (χ1v) is 13.2. The topological polar surface area (TPSA) is 105 Å². The summed E-state index contributed by atoms with van der Waals surface area (Å²) < 4.78 is 5.47. The van der Waals surface area contributed by atoms with Crippen LogP contribution in [0.25, 0.3) is 22.3 Å². The Morgan fingerprint density at radius 3 is 1.93 bits per heavy atom. The van der Waals surface area contributed by atoms with E-state index in [1.807, 2.05) is 60.7 Å². The van der Waals surface area contributed by atoms with Crippen molar-refractivity contribution in [2.45, 2.75) is 18.4 Å². The lowest BCUT2D eigenvalue weighted by atomic mass is 9.98. The van der Waals surface area contributed by atoms with E-state index in [4.69, 9.17) is 16.3 Å². The molecule has 0 heterocycles. The first-order chi connectivity index (χ1) is 19.4. The Balaban J connectivity index is 1.16. The number of carbonyl (C=O) groups excluding carboxylic acids is 2. The molecule has 2 amide bonds. The van der Waals surface area contributed by atoms with E-state index in [-0.39, 0.29) is 25.5 Å². The normalized spacial score (nSPS) is 12.6. The number of aliphatic carboxylic acids is 1. The van der Waals surface area contributed by atoms with E-state index in [1.54, 1.807) is 24.3 Å². The number of hydrogen-bond donors (Lipinski definition) is 3. The Morgan fingerprint density at radius 2 is 1.35 bits per heavy atom. The van der Waals surface area contributed by atoms with Gasteiger partial charge in [0.2, 0.25) is 5.91 Å². The van der Waals surface area contributed by atoms with Crippen molar-refractivity contribution < 1.29 is 24.2 Å². The van der Waals surface area contributed by atoms with Gasteiger partial charge in [-0.1, -0.05) is 96.5 Å². The molecule has 0 saturated carbocycles. The number of amides is 2. The molecule has 1 atom stereocenters. The molecule has 40 heavy (non-hydrogen) atoms. The highest BCUT2D eigenvalue weighted by Gasteiger charge is 2.29. The average molecular weight is 555 g/mol. The van der Waals surface area contributed by atoms with Gasteiger partial charge in [-0.15, -0.1) is 0 Å². The quantitative estimate of drug-likeness (QED) is 0.229. The molecule has 1 aliphatic rings. The Labute approximate surface area is 236 Å². The highest BCUT2D eigenvalue weighted by Crippen LogP contribution is 2.44. The van der Waals surface area contributed by atoms with Gasteiger partial charge < -0.3 is 20.5 Å². The summed E-state index contributed by atoms with van der Waals surface area (Å²) in [6.07, 6.45) is -1.03. The van der Waals surface area contributed by atoms with Gasteiger partial charge in [-0.05, 0) is 51.1 Å². The van der Waals surface area contributed by atoms with Crippen molar-refractivity contribution in [2.75, 3.05) is 13.2 Å². The van der Waals surface area contributed by atoms with Crippen molar-refractivity contribution >= 4 is 29.6 Å².